The number of halogens is 1. The van der Waals surface area contributed by atoms with Crippen molar-refractivity contribution in [1.29, 1.82) is 0 Å². The maximum Gasteiger partial charge on any atom is 0.266 e. The first kappa shape index (κ1) is 26.4. The second kappa shape index (κ2) is 12.4. The van der Waals surface area contributed by atoms with E-state index in [0.29, 0.717) is 25.3 Å². The first-order valence-corrected chi connectivity index (χ1v) is 12.0. The highest BCUT2D eigenvalue weighted by molar-refractivity contribution is 7.93. The van der Waals surface area contributed by atoms with Crippen LogP contribution in [-0.4, -0.2) is 65.5 Å². The monoisotopic (exact) mass is 493 g/mol. The summed E-state index contributed by atoms with van der Waals surface area (Å²) >= 11 is 6.23. The molecule has 2 rings (SSSR count). The highest BCUT2D eigenvalue weighted by atomic mass is 35.5. The number of carbonyl (C=O) groups excluding carboxylic acids is 2. The molecule has 10 heteroatoms. The Hall–Kier alpha value is -2.88. The standard InChI is InChI=1S/C23H28ClN3O5S/c1-4-14-27(19-9-6-5-7-10-19)33(30,31)21-16-18(11-12-20(21)24)23(29)26(2)17-22(28)25-13-8-15-32-3/h4-7,9-12,16H,1,8,13-15,17H2,2-3H3,(H,25,28). The Balaban J connectivity index is 2.26. The van der Waals surface area contributed by atoms with Crippen LogP contribution in [0.4, 0.5) is 5.69 Å². The molecule has 0 aliphatic heterocycles. The fraction of sp³-hybridized carbons (Fsp3) is 0.304. The third kappa shape index (κ3) is 7.05. The molecule has 0 fully saturated rings. The Morgan fingerprint density at radius 1 is 1.18 bits per heavy atom. The Labute approximate surface area is 199 Å². The van der Waals surface area contributed by atoms with Crippen molar-refractivity contribution in [2.24, 2.45) is 0 Å². The van der Waals surface area contributed by atoms with Gasteiger partial charge in [-0.25, -0.2) is 8.42 Å². The predicted octanol–water partition coefficient (Wildman–Crippen LogP) is 2.95. The number of hydrogen-bond donors (Lipinski definition) is 1. The lowest BCUT2D eigenvalue weighted by atomic mass is 10.2. The zero-order valence-corrected chi connectivity index (χ0v) is 20.2. The third-order valence-electron chi connectivity index (χ3n) is 4.66. The molecular formula is C23H28ClN3O5S. The fourth-order valence-electron chi connectivity index (χ4n) is 3.01. The predicted molar refractivity (Wildman–Crippen MR) is 129 cm³/mol. The molecule has 2 aromatic rings. The second-order valence-corrected chi connectivity index (χ2v) is 9.40. The van der Waals surface area contributed by atoms with Crippen LogP contribution in [0.2, 0.25) is 5.02 Å². The van der Waals surface area contributed by atoms with E-state index >= 15 is 0 Å². The molecule has 0 bridgehead atoms. The van der Waals surface area contributed by atoms with E-state index in [-0.39, 0.29) is 34.5 Å². The topological polar surface area (TPSA) is 96.0 Å². The maximum absolute atomic E-state index is 13.4. The van der Waals surface area contributed by atoms with Gasteiger partial charge in [-0.3, -0.25) is 13.9 Å². The summed E-state index contributed by atoms with van der Waals surface area (Å²) in [7, 11) is -1.06. The van der Waals surface area contributed by atoms with Crippen LogP contribution in [0.15, 0.2) is 66.1 Å². The molecule has 0 heterocycles. The molecule has 0 aliphatic carbocycles. The number of carbonyl (C=O) groups is 2. The molecule has 1 N–H and O–H groups in total. The van der Waals surface area contributed by atoms with Gasteiger partial charge in [0.1, 0.15) is 4.90 Å². The number of hydrogen-bond acceptors (Lipinski definition) is 5. The number of amides is 2. The van der Waals surface area contributed by atoms with Crippen molar-refractivity contribution >= 4 is 39.1 Å². The Morgan fingerprint density at radius 2 is 1.88 bits per heavy atom. The van der Waals surface area contributed by atoms with Crippen molar-refractivity contribution in [3.8, 4) is 0 Å². The first-order valence-electron chi connectivity index (χ1n) is 10.2. The van der Waals surface area contributed by atoms with Gasteiger partial charge in [-0.05, 0) is 36.8 Å². The van der Waals surface area contributed by atoms with Crippen LogP contribution < -0.4 is 9.62 Å². The normalized spacial score (nSPS) is 11.0. The average Bonchev–Trinajstić information content (AvgIpc) is 2.80. The van der Waals surface area contributed by atoms with Gasteiger partial charge in [-0.15, -0.1) is 6.58 Å². The van der Waals surface area contributed by atoms with Crippen LogP contribution >= 0.6 is 11.6 Å². The van der Waals surface area contributed by atoms with Gasteiger partial charge < -0.3 is 15.0 Å². The molecule has 0 atom stereocenters. The van der Waals surface area contributed by atoms with E-state index in [1.54, 1.807) is 37.4 Å². The van der Waals surface area contributed by atoms with Gasteiger partial charge in [0.25, 0.3) is 15.9 Å². The van der Waals surface area contributed by atoms with E-state index in [0.717, 1.165) is 4.31 Å². The molecule has 0 spiro atoms. The van der Waals surface area contributed by atoms with E-state index in [1.807, 2.05) is 0 Å². The van der Waals surface area contributed by atoms with E-state index in [1.165, 1.54) is 36.2 Å². The van der Waals surface area contributed by atoms with Gasteiger partial charge in [0.05, 0.1) is 23.8 Å². The molecular weight excluding hydrogens is 466 g/mol. The van der Waals surface area contributed by atoms with E-state index in [9.17, 15) is 18.0 Å². The van der Waals surface area contributed by atoms with Crippen molar-refractivity contribution in [3.05, 3.63) is 71.8 Å². The summed E-state index contributed by atoms with van der Waals surface area (Å²) in [5.74, 6) is -0.838. The zero-order chi connectivity index (χ0) is 24.4. The Bertz CT molecular complexity index is 1080. The van der Waals surface area contributed by atoms with E-state index in [4.69, 9.17) is 16.3 Å². The number of anilines is 1. The van der Waals surface area contributed by atoms with Crippen LogP contribution in [0, 0.1) is 0 Å². The Kier molecular flexibility index (Phi) is 9.90. The van der Waals surface area contributed by atoms with Gasteiger partial charge in [0.2, 0.25) is 5.91 Å². The SMILES string of the molecule is C=CCN(c1ccccc1)S(=O)(=O)c1cc(C(=O)N(C)CC(=O)NCCCOC)ccc1Cl. The smallest absolute Gasteiger partial charge is 0.266 e. The van der Waals surface area contributed by atoms with Crippen LogP contribution in [0.25, 0.3) is 0 Å². The molecule has 0 saturated carbocycles. The zero-order valence-electron chi connectivity index (χ0n) is 18.7. The molecule has 33 heavy (non-hydrogen) atoms. The van der Waals surface area contributed by atoms with Crippen molar-refractivity contribution < 1.29 is 22.7 Å². The summed E-state index contributed by atoms with van der Waals surface area (Å²) in [6, 6.07) is 12.5. The lowest BCUT2D eigenvalue weighted by Gasteiger charge is -2.24. The van der Waals surface area contributed by atoms with E-state index in [2.05, 4.69) is 11.9 Å². The van der Waals surface area contributed by atoms with Gasteiger partial charge >= 0.3 is 0 Å². The van der Waals surface area contributed by atoms with Gasteiger partial charge in [-0.1, -0.05) is 35.9 Å². The summed E-state index contributed by atoms with van der Waals surface area (Å²) in [5, 5.41) is 2.68. The first-order chi connectivity index (χ1) is 15.7. The fourth-order valence-corrected chi connectivity index (χ4v) is 4.95. The molecule has 0 aromatic heterocycles. The maximum atomic E-state index is 13.4. The molecule has 0 unspecified atom stereocenters. The number of nitrogens with one attached hydrogen (secondary N) is 1. The minimum Gasteiger partial charge on any atom is -0.385 e. The lowest BCUT2D eigenvalue weighted by Crippen LogP contribution is -2.39. The number of ether oxygens (including phenoxy) is 1. The molecule has 178 valence electrons. The number of rotatable bonds is 12. The summed E-state index contributed by atoms with van der Waals surface area (Å²) in [6.07, 6.45) is 2.12. The number of benzene rings is 2. The summed E-state index contributed by atoms with van der Waals surface area (Å²) in [5.41, 5.74) is 0.534. The minimum atomic E-state index is -4.10. The summed E-state index contributed by atoms with van der Waals surface area (Å²) in [6.45, 7) is 4.42. The van der Waals surface area contributed by atoms with Crippen LogP contribution in [0.5, 0.6) is 0 Å². The highest BCUT2D eigenvalue weighted by Crippen LogP contribution is 2.29. The summed E-state index contributed by atoms with van der Waals surface area (Å²) < 4.78 is 32.9. The van der Waals surface area contributed by atoms with Gasteiger partial charge in [-0.2, -0.15) is 0 Å². The molecule has 0 saturated heterocycles. The number of sulfonamides is 1. The third-order valence-corrected chi connectivity index (χ3v) is 6.94. The Morgan fingerprint density at radius 3 is 2.52 bits per heavy atom. The van der Waals surface area contributed by atoms with Gasteiger partial charge in [0, 0.05) is 32.9 Å². The second-order valence-electron chi connectivity index (χ2n) is 7.16. The molecule has 2 aromatic carbocycles. The number of nitrogens with zero attached hydrogens (tertiary/aromatic N) is 2. The molecule has 0 aliphatic rings. The van der Waals surface area contributed by atoms with Crippen LogP contribution in [0.3, 0.4) is 0 Å². The average molecular weight is 494 g/mol. The van der Waals surface area contributed by atoms with Crippen LogP contribution in [-0.2, 0) is 19.6 Å². The van der Waals surface area contributed by atoms with Crippen LogP contribution in [0.1, 0.15) is 16.8 Å². The number of likely N-dealkylation sites (N-methyl/N-ethyl adjacent to an activating group) is 1. The highest BCUT2D eigenvalue weighted by Gasteiger charge is 2.28. The lowest BCUT2D eigenvalue weighted by molar-refractivity contribution is -0.121. The summed E-state index contributed by atoms with van der Waals surface area (Å²) in [4.78, 5) is 25.9. The van der Waals surface area contributed by atoms with Crippen molar-refractivity contribution in [1.82, 2.24) is 10.2 Å². The molecule has 2 amide bonds. The number of methoxy groups -OCH3 is 1. The minimum absolute atomic E-state index is 0.0179. The number of para-hydroxylation sites is 1. The van der Waals surface area contributed by atoms with E-state index < -0.39 is 15.9 Å². The van der Waals surface area contributed by atoms with Crippen molar-refractivity contribution in [3.63, 3.8) is 0 Å². The quantitative estimate of drug-likeness (QED) is 0.362. The van der Waals surface area contributed by atoms with Crippen molar-refractivity contribution in [2.75, 3.05) is 44.7 Å². The molecule has 0 radical (unpaired) electrons. The largest absolute Gasteiger partial charge is 0.385 e. The molecule has 8 nitrogen and oxygen atoms in total. The van der Waals surface area contributed by atoms with Crippen molar-refractivity contribution in [2.45, 2.75) is 11.3 Å². The van der Waals surface area contributed by atoms with Gasteiger partial charge in [0.15, 0.2) is 0 Å².